The minimum absolute atomic E-state index is 0.0409. The summed E-state index contributed by atoms with van der Waals surface area (Å²) in [5.74, 6) is 0.0542. The van der Waals surface area contributed by atoms with Gasteiger partial charge in [0.15, 0.2) is 0 Å². The number of phenols is 2. The van der Waals surface area contributed by atoms with Crippen molar-refractivity contribution in [1.29, 1.82) is 0 Å². The Morgan fingerprint density at radius 1 is 0.857 bits per heavy atom. The normalized spacial score (nSPS) is 11.6. The molecule has 0 aliphatic rings. The molecule has 0 saturated carbocycles. The van der Waals surface area contributed by atoms with Gasteiger partial charge in [-0.05, 0) is 68.7 Å². The van der Waals surface area contributed by atoms with E-state index in [4.69, 9.17) is 0 Å². The minimum atomic E-state index is -3.75. The Bertz CT molecular complexity index is 797. The summed E-state index contributed by atoms with van der Waals surface area (Å²) in [5.41, 5.74) is 2.00. The van der Waals surface area contributed by atoms with Gasteiger partial charge in [-0.15, -0.1) is 0 Å². The van der Waals surface area contributed by atoms with Gasteiger partial charge < -0.3 is 10.2 Å². The molecule has 4 nitrogen and oxygen atoms in total. The summed E-state index contributed by atoms with van der Waals surface area (Å²) < 4.78 is 25.6. The number of phenolic OH excluding ortho intramolecular Hbond substituents is 2. The molecule has 0 atom stereocenters. The van der Waals surface area contributed by atoms with Gasteiger partial charge in [-0.3, -0.25) is 0 Å². The third-order valence-electron chi connectivity index (χ3n) is 3.54. The molecule has 0 aliphatic carbocycles. The molecule has 0 amide bonds. The number of benzene rings is 2. The van der Waals surface area contributed by atoms with E-state index in [0.29, 0.717) is 22.3 Å². The Kier molecular flexibility index (Phi) is 3.72. The molecular formula is C16H18O4S. The fourth-order valence-electron chi connectivity index (χ4n) is 2.28. The number of hydrogen-bond donors (Lipinski definition) is 2. The van der Waals surface area contributed by atoms with Crippen molar-refractivity contribution < 1.29 is 18.6 Å². The van der Waals surface area contributed by atoms with Crippen molar-refractivity contribution in [3.05, 3.63) is 46.5 Å². The third-order valence-corrected chi connectivity index (χ3v) is 5.40. The first-order valence-electron chi connectivity index (χ1n) is 6.50. The van der Waals surface area contributed by atoms with Crippen LogP contribution in [0.1, 0.15) is 22.3 Å². The summed E-state index contributed by atoms with van der Waals surface area (Å²) in [6.45, 7) is 6.61. The molecule has 0 spiro atoms. The Morgan fingerprint density at radius 2 is 1.38 bits per heavy atom. The molecule has 5 heteroatoms. The average molecular weight is 306 g/mol. The summed E-state index contributed by atoms with van der Waals surface area (Å²) in [6.07, 6.45) is 0. The molecule has 0 bridgehead atoms. The van der Waals surface area contributed by atoms with Crippen LogP contribution >= 0.6 is 0 Å². The maximum atomic E-state index is 12.8. The van der Waals surface area contributed by atoms with Gasteiger partial charge in [0, 0.05) is 5.56 Å². The highest BCUT2D eigenvalue weighted by Gasteiger charge is 2.23. The summed E-state index contributed by atoms with van der Waals surface area (Å²) >= 11 is 0. The van der Waals surface area contributed by atoms with Gasteiger partial charge in [0.05, 0.1) is 9.79 Å². The standard InChI is InChI=1S/C16H18O4S/c1-9-5-14(17)12(4)15(6-9)21(19,20)13-7-10(2)16(18)11(3)8-13/h5-8,17-18H,1-4H3. The van der Waals surface area contributed by atoms with Gasteiger partial charge in [0.1, 0.15) is 11.5 Å². The van der Waals surface area contributed by atoms with E-state index in [2.05, 4.69) is 0 Å². The highest BCUT2D eigenvalue weighted by molar-refractivity contribution is 7.91. The predicted octanol–water partition coefficient (Wildman–Crippen LogP) is 3.16. The number of sulfone groups is 1. The molecule has 0 aromatic heterocycles. The molecule has 0 heterocycles. The van der Waals surface area contributed by atoms with Gasteiger partial charge in [-0.1, -0.05) is 0 Å². The molecular weight excluding hydrogens is 288 g/mol. The summed E-state index contributed by atoms with van der Waals surface area (Å²) in [4.78, 5) is 0.202. The lowest BCUT2D eigenvalue weighted by Crippen LogP contribution is -2.06. The highest BCUT2D eigenvalue weighted by atomic mass is 32.2. The lowest BCUT2D eigenvalue weighted by molar-refractivity contribution is 0.465. The van der Waals surface area contributed by atoms with Crippen LogP contribution in [-0.4, -0.2) is 18.6 Å². The largest absolute Gasteiger partial charge is 0.508 e. The fraction of sp³-hybridized carbons (Fsp3) is 0.250. The zero-order valence-electron chi connectivity index (χ0n) is 12.4. The molecule has 2 aromatic rings. The van der Waals surface area contributed by atoms with Crippen LogP contribution in [0.2, 0.25) is 0 Å². The molecule has 2 aromatic carbocycles. The Labute approximate surface area is 124 Å². The fourth-order valence-corrected chi connectivity index (χ4v) is 4.05. The molecule has 2 rings (SSSR count). The van der Waals surface area contributed by atoms with E-state index in [1.807, 2.05) is 0 Å². The van der Waals surface area contributed by atoms with E-state index in [1.54, 1.807) is 33.8 Å². The smallest absolute Gasteiger partial charge is 0.207 e. The van der Waals surface area contributed by atoms with Crippen LogP contribution in [0.4, 0.5) is 0 Å². The number of hydrogen-bond acceptors (Lipinski definition) is 4. The molecule has 0 radical (unpaired) electrons. The van der Waals surface area contributed by atoms with E-state index in [0.717, 1.165) is 0 Å². The van der Waals surface area contributed by atoms with Crippen LogP contribution < -0.4 is 0 Å². The van der Waals surface area contributed by atoms with Crippen LogP contribution in [0, 0.1) is 27.7 Å². The second kappa shape index (κ2) is 5.07. The van der Waals surface area contributed by atoms with E-state index in [1.165, 1.54) is 18.2 Å². The van der Waals surface area contributed by atoms with Crippen LogP contribution in [-0.2, 0) is 9.84 Å². The highest BCUT2D eigenvalue weighted by Crippen LogP contribution is 2.33. The number of aryl methyl sites for hydroxylation is 3. The van der Waals surface area contributed by atoms with E-state index in [9.17, 15) is 18.6 Å². The molecule has 0 saturated heterocycles. The third kappa shape index (κ3) is 2.61. The average Bonchev–Trinajstić information content (AvgIpc) is 2.39. The second-order valence-corrected chi connectivity index (χ2v) is 7.23. The van der Waals surface area contributed by atoms with Crippen molar-refractivity contribution in [1.82, 2.24) is 0 Å². The zero-order valence-corrected chi connectivity index (χ0v) is 13.2. The molecule has 0 aliphatic heterocycles. The molecule has 2 N–H and O–H groups in total. The van der Waals surface area contributed by atoms with Gasteiger partial charge in [0.25, 0.3) is 0 Å². The van der Waals surface area contributed by atoms with Crippen molar-refractivity contribution in [3.63, 3.8) is 0 Å². The maximum absolute atomic E-state index is 12.8. The molecule has 0 fully saturated rings. The Morgan fingerprint density at radius 3 is 1.90 bits per heavy atom. The summed E-state index contributed by atoms with van der Waals surface area (Å²) in [6, 6.07) is 5.95. The molecule has 21 heavy (non-hydrogen) atoms. The van der Waals surface area contributed by atoms with E-state index in [-0.39, 0.29) is 21.3 Å². The first kappa shape index (κ1) is 15.4. The van der Waals surface area contributed by atoms with E-state index < -0.39 is 9.84 Å². The SMILES string of the molecule is Cc1cc(O)c(C)c(S(=O)(=O)c2cc(C)c(O)c(C)c2)c1. The number of aromatic hydroxyl groups is 2. The molecule has 0 unspecified atom stereocenters. The quantitative estimate of drug-likeness (QED) is 0.893. The second-order valence-electron chi connectivity index (χ2n) is 5.32. The Balaban J connectivity index is 2.74. The van der Waals surface area contributed by atoms with Crippen LogP contribution in [0.25, 0.3) is 0 Å². The van der Waals surface area contributed by atoms with Crippen LogP contribution in [0.3, 0.4) is 0 Å². The van der Waals surface area contributed by atoms with Gasteiger partial charge in [-0.25, -0.2) is 8.42 Å². The van der Waals surface area contributed by atoms with Crippen LogP contribution in [0.15, 0.2) is 34.1 Å². The van der Waals surface area contributed by atoms with Crippen molar-refractivity contribution in [3.8, 4) is 11.5 Å². The van der Waals surface area contributed by atoms with Gasteiger partial charge >= 0.3 is 0 Å². The first-order valence-corrected chi connectivity index (χ1v) is 7.98. The Hall–Kier alpha value is -2.01. The predicted molar refractivity (Wildman–Crippen MR) is 80.6 cm³/mol. The van der Waals surface area contributed by atoms with E-state index >= 15 is 0 Å². The summed E-state index contributed by atoms with van der Waals surface area (Å²) in [7, 11) is -3.75. The monoisotopic (exact) mass is 306 g/mol. The van der Waals surface area contributed by atoms with Crippen molar-refractivity contribution in [2.24, 2.45) is 0 Å². The van der Waals surface area contributed by atoms with Crippen molar-refractivity contribution >= 4 is 9.84 Å². The molecule has 112 valence electrons. The topological polar surface area (TPSA) is 74.6 Å². The summed E-state index contributed by atoms with van der Waals surface area (Å²) in [5, 5.41) is 19.6. The van der Waals surface area contributed by atoms with Gasteiger partial charge in [-0.2, -0.15) is 0 Å². The lowest BCUT2D eigenvalue weighted by Gasteiger charge is -2.12. The first-order chi connectivity index (χ1) is 9.64. The zero-order chi connectivity index (χ0) is 15.9. The van der Waals surface area contributed by atoms with Crippen LogP contribution in [0.5, 0.6) is 11.5 Å². The van der Waals surface area contributed by atoms with Crippen molar-refractivity contribution in [2.75, 3.05) is 0 Å². The van der Waals surface area contributed by atoms with Crippen molar-refractivity contribution in [2.45, 2.75) is 37.5 Å². The number of rotatable bonds is 2. The maximum Gasteiger partial charge on any atom is 0.207 e. The lowest BCUT2D eigenvalue weighted by atomic mass is 10.1. The minimum Gasteiger partial charge on any atom is -0.508 e. The van der Waals surface area contributed by atoms with Gasteiger partial charge in [0.2, 0.25) is 9.84 Å².